The van der Waals surface area contributed by atoms with E-state index in [-0.39, 0.29) is 11.9 Å². The largest absolute Gasteiger partial charge is 0.381 e. The summed E-state index contributed by atoms with van der Waals surface area (Å²) in [6.45, 7) is 10.4. The van der Waals surface area contributed by atoms with Crippen LogP contribution in [0.25, 0.3) is 16.6 Å². The molecule has 3 aliphatic heterocycles. The lowest BCUT2D eigenvalue weighted by Crippen LogP contribution is -2.47. The van der Waals surface area contributed by atoms with E-state index < -0.39 is 5.82 Å². The van der Waals surface area contributed by atoms with E-state index >= 15 is 0 Å². The van der Waals surface area contributed by atoms with Gasteiger partial charge in [-0.2, -0.15) is 0 Å². The number of amides is 1. The highest BCUT2D eigenvalue weighted by Crippen LogP contribution is 2.36. The number of morpholine rings is 1. The number of aromatic nitrogens is 2. The third-order valence-corrected chi connectivity index (χ3v) is 8.26. The summed E-state index contributed by atoms with van der Waals surface area (Å²) in [5.41, 5.74) is 4.21. The van der Waals surface area contributed by atoms with Crippen LogP contribution in [0.4, 0.5) is 4.39 Å². The summed E-state index contributed by atoms with van der Waals surface area (Å²) in [6.07, 6.45) is 6.33. The topological polar surface area (TPSA) is 59.3 Å². The Morgan fingerprint density at radius 3 is 2.70 bits per heavy atom. The van der Waals surface area contributed by atoms with Crippen molar-refractivity contribution in [2.24, 2.45) is 5.92 Å². The van der Waals surface area contributed by atoms with E-state index in [4.69, 9.17) is 9.47 Å². The van der Waals surface area contributed by atoms with Crippen LogP contribution in [0.2, 0.25) is 0 Å². The molecule has 1 amide bonds. The van der Waals surface area contributed by atoms with Gasteiger partial charge in [-0.1, -0.05) is 6.07 Å². The quantitative estimate of drug-likeness (QED) is 0.521. The fourth-order valence-corrected chi connectivity index (χ4v) is 6.02. The zero-order valence-corrected chi connectivity index (χ0v) is 21.7. The van der Waals surface area contributed by atoms with Gasteiger partial charge in [-0.3, -0.25) is 4.79 Å². The van der Waals surface area contributed by atoms with Gasteiger partial charge in [0.1, 0.15) is 11.6 Å². The fraction of sp³-hybridized carbons (Fsp3) is 0.517. The van der Waals surface area contributed by atoms with E-state index in [1.807, 2.05) is 20.0 Å². The summed E-state index contributed by atoms with van der Waals surface area (Å²) in [5, 5.41) is 0. The Labute approximate surface area is 217 Å². The van der Waals surface area contributed by atoms with Gasteiger partial charge in [0.2, 0.25) is 0 Å². The Bertz CT molecular complexity index is 1300. The lowest BCUT2D eigenvalue weighted by atomic mass is 9.88. The first-order valence-electron chi connectivity index (χ1n) is 13.4. The molecule has 1 aromatic carbocycles. The smallest absolute Gasteiger partial charge is 0.254 e. The molecule has 37 heavy (non-hydrogen) atoms. The van der Waals surface area contributed by atoms with Crippen LogP contribution in [-0.2, 0) is 9.47 Å². The van der Waals surface area contributed by atoms with E-state index in [1.54, 1.807) is 11.0 Å². The molecule has 3 aliphatic rings. The van der Waals surface area contributed by atoms with E-state index in [0.717, 1.165) is 74.1 Å². The Hall–Kier alpha value is -2.81. The molecule has 196 valence electrons. The van der Waals surface area contributed by atoms with E-state index in [0.29, 0.717) is 31.2 Å². The lowest BCUT2D eigenvalue weighted by molar-refractivity contribution is 0.00361. The van der Waals surface area contributed by atoms with E-state index in [2.05, 4.69) is 26.5 Å². The molecule has 0 saturated carbocycles. The maximum atomic E-state index is 14.5. The number of hydrogen-bond acceptors (Lipinski definition) is 5. The molecule has 5 heterocycles. The minimum Gasteiger partial charge on any atom is -0.381 e. The van der Waals surface area contributed by atoms with Crippen LogP contribution >= 0.6 is 0 Å². The minimum atomic E-state index is -0.410. The van der Waals surface area contributed by atoms with Crippen molar-refractivity contribution in [1.29, 1.82) is 0 Å². The van der Waals surface area contributed by atoms with Gasteiger partial charge in [0.15, 0.2) is 0 Å². The number of imidazole rings is 1. The Morgan fingerprint density at radius 1 is 1.11 bits per heavy atom. The molecule has 2 aromatic heterocycles. The first kappa shape index (κ1) is 24.5. The highest BCUT2D eigenvalue weighted by molar-refractivity contribution is 6.03. The van der Waals surface area contributed by atoms with Crippen molar-refractivity contribution in [1.82, 2.24) is 19.2 Å². The SMILES string of the molecule is Cc1ncc2c(-c3ccc(F)cc3C(=O)N3CCOC[C@H]3C)cc(C3CN(CC4CCOCC4)C3)cn12. The summed E-state index contributed by atoms with van der Waals surface area (Å²) in [5.74, 6) is 1.47. The maximum absolute atomic E-state index is 14.5. The number of carbonyl (C=O) groups excluding carboxylic acids is 1. The average molecular weight is 507 g/mol. The average Bonchev–Trinajstić information content (AvgIpc) is 3.26. The third-order valence-electron chi connectivity index (χ3n) is 8.26. The van der Waals surface area contributed by atoms with Gasteiger partial charge in [-0.05, 0) is 61.9 Å². The predicted molar refractivity (Wildman–Crippen MR) is 139 cm³/mol. The number of hydrogen-bond donors (Lipinski definition) is 0. The lowest BCUT2D eigenvalue weighted by Gasteiger charge is -2.42. The number of aryl methyl sites for hydroxylation is 1. The molecule has 0 aliphatic carbocycles. The van der Waals surface area contributed by atoms with Crippen LogP contribution < -0.4 is 0 Å². The Kier molecular flexibility index (Phi) is 6.73. The van der Waals surface area contributed by atoms with E-state index in [9.17, 15) is 9.18 Å². The molecule has 0 bridgehead atoms. The van der Waals surface area contributed by atoms with Gasteiger partial charge in [-0.15, -0.1) is 0 Å². The number of rotatable bonds is 5. The molecule has 7 nitrogen and oxygen atoms in total. The number of carbonyl (C=O) groups is 1. The maximum Gasteiger partial charge on any atom is 0.254 e. The molecule has 3 saturated heterocycles. The number of halogens is 1. The molecule has 0 radical (unpaired) electrons. The molecule has 6 rings (SSSR count). The van der Waals surface area contributed by atoms with Crippen molar-refractivity contribution in [2.75, 3.05) is 52.6 Å². The van der Waals surface area contributed by atoms with Crippen LogP contribution in [0, 0.1) is 18.7 Å². The van der Waals surface area contributed by atoms with Gasteiger partial charge in [0.05, 0.1) is 36.5 Å². The number of fused-ring (bicyclic) bond motifs is 1. The number of benzene rings is 1. The number of nitrogens with zero attached hydrogens (tertiary/aromatic N) is 4. The molecule has 3 aromatic rings. The predicted octanol–water partition coefficient (Wildman–Crippen LogP) is 4.14. The van der Waals surface area contributed by atoms with Gasteiger partial charge < -0.3 is 23.7 Å². The first-order valence-corrected chi connectivity index (χ1v) is 13.4. The van der Waals surface area contributed by atoms with Gasteiger partial charge in [0.25, 0.3) is 5.91 Å². The summed E-state index contributed by atoms with van der Waals surface area (Å²) in [4.78, 5) is 22.6. The highest BCUT2D eigenvalue weighted by Gasteiger charge is 2.32. The van der Waals surface area contributed by atoms with Crippen LogP contribution in [0.1, 0.15) is 47.4 Å². The summed E-state index contributed by atoms with van der Waals surface area (Å²) >= 11 is 0. The van der Waals surface area contributed by atoms with Crippen LogP contribution in [0.3, 0.4) is 0 Å². The normalized spacial score (nSPS) is 21.9. The molecule has 1 atom stereocenters. The standard InChI is InChI=1S/C29H35FN4O3/c1-19-18-37-10-7-33(19)29(35)27-12-24(30)3-4-25(27)26-11-22(17-34-20(2)31-13-28(26)34)23-15-32(16-23)14-21-5-8-36-9-6-21/h3-4,11-13,17,19,21,23H,5-10,14-16,18H2,1-2H3/t19-/m1/s1. The third kappa shape index (κ3) is 4.78. The van der Waals surface area contributed by atoms with E-state index in [1.165, 1.54) is 17.7 Å². The van der Waals surface area contributed by atoms with Crippen LogP contribution in [-0.4, -0.2) is 83.7 Å². The van der Waals surface area contributed by atoms with Gasteiger partial charge in [0, 0.05) is 57.1 Å². The minimum absolute atomic E-state index is 0.0578. The van der Waals surface area contributed by atoms with Crippen molar-refractivity contribution in [3.8, 4) is 11.1 Å². The summed E-state index contributed by atoms with van der Waals surface area (Å²) in [6, 6.07) is 6.70. The van der Waals surface area contributed by atoms with Crippen molar-refractivity contribution in [2.45, 2.75) is 38.6 Å². The molecule has 0 spiro atoms. The molecule has 0 N–H and O–H groups in total. The summed E-state index contributed by atoms with van der Waals surface area (Å²) < 4.78 is 27.6. The highest BCUT2D eigenvalue weighted by atomic mass is 19.1. The molecule has 3 fully saturated rings. The number of likely N-dealkylation sites (tertiary alicyclic amines) is 1. The molecule has 8 heteroatoms. The van der Waals surface area contributed by atoms with Crippen molar-refractivity contribution < 1.29 is 18.7 Å². The fourth-order valence-electron chi connectivity index (χ4n) is 6.02. The van der Waals surface area contributed by atoms with Gasteiger partial charge in [-0.25, -0.2) is 9.37 Å². The summed E-state index contributed by atoms with van der Waals surface area (Å²) in [7, 11) is 0. The second-order valence-corrected chi connectivity index (χ2v) is 10.8. The Balaban J connectivity index is 1.33. The zero-order valence-electron chi connectivity index (χ0n) is 21.7. The van der Waals surface area contributed by atoms with Gasteiger partial charge >= 0.3 is 0 Å². The number of pyridine rings is 1. The van der Waals surface area contributed by atoms with Crippen molar-refractivity contribution in [3.63, 3.8) is 0 Å². The second-order valence-electron chi connectivity index (χ2n) is 10.8. The monoisotopic (exact) mass is 506 g/mol. The number of ether oxygens (including phenoxy) is 2. The molecular formula is C29H35FN4O3. The second kappa shape index (κ2) is 10.2. The zero-order chi connectivity index (χ0) is 25.5. The van der Waals surface area contributed by atoms with Crippen molar-refractivity contribution >= 4 is 11.4 Å². The molecule has 0 unspecified atom stereocenters. The van der Waals surface area contributed by atoms with Crippen molar-refractivity contribution in [3.05, 3.63) is 59.4 Å². The van der Waals surface area contributed by atoms with Crippen LogP contribution in [0.5, 0.6) is 0 Å². The molecular weight excluding hydrogens is 471 g/mol. The Morgan fingerprint density at radius 2 is 1.92 bits per heavy atom. The van der Waals surface area contributed by atoms with Crippen LogP contribution in [0.15, 0.2) is 36.7 Å². The first-order chi connectivity index (χ1) is 18.0.